The van der Waals surface area contributed by atoms with Crippen LogP contribution in [0.15, 0.2) is 27.1 Å². The van der Waals surface area contributed by atoms with Gasteiger partial charge in [-0.05, 0) is 34.1 Å². The van der Waals surface area contributed by atoms with E-state index in [-0.39, 0.29) is 0 Å². The van der Waals surface area contributed by atoms with Gasteiger partial charge in [0.1, 0.15) is 0 Å². The van der Waals surface area contributed by atoms with Gasteiger partial charge in [0.25, 0.3) is 0 Å². The summed E-state index contributed by atoms with van der Waals surface area (Å²) in [6, 6.07) is 5.97. The van der Waals surface area contributed by atoms with Gasteiger partial charge in [0, 0.05) is 28.6 Å². The zero-order chi connectivity index (χ0) is 11.7. The molecule has 4 nitrogen and oxygen atoms in total. The average molecular weight is 346 g/mol. The second-order valence-electron chi connectivity index (χ2n) is 3.28. The molecule has 1 aromatic carbocycles. The van der Waals surface area contributed by atoms with Crippen molar-refractivity contribution in [1.29, 1.82) is 0 Å². The molecule has 2 aromatic rings. The van der Waals surface area contributed by atoms with Crippen LogP contribution in [0.25, 0.3) is 11.4 Å². The molecular weight excluding hydrogens is 336 g/mol. The Hall–Kier alpha value is -0.880. The summed E-state index contributed by atoms with van der Waals surface area (Å²) in [5, 5.41) is 11.2. The number of halogens is 2. The van der Waals surface area contributed by atoms with E-state index < -0.39 is 0 Å². The van der Waals surface area contributed by atoms with E-state index in [0.29, 0.717) is 0 Å². The molecule has 0 aliphatic carbocycles. The molecule has 0 aliphatic heterocycles. The largest absolute Gasteiger partial charge is 0.357 e. The fourth-order valence-corrected chi connectivity index (χ4v) is 2.68. The molecule has 0 fully saturated rings. The molecule has 0 spiro atoms. The smallest absolute Gasteiger partial charge is 0.224 e. The number of rotatable bonds is 2. The molecule has 84 valence electrons. The lowest BCUT2D eigenvalue weighted by Crippen LogP contribution is -1.99. The number of nitrogens with one attached hydrogen (secondary N) is 1. The summed E-state index contributed by atoms with van der Waals surface area (Å²) in [6.45, 7) is 0. The predicted molar refractivity (Wildman–Crippen MR) is 71.4 cm³/mol. The summed E-state index contributed by atoms with van der Waals surface area (Å²) < 4.78 is 3.92. The zero-order valence-electron chi connectivity index (χ0n) is 8.83. The maximum atomic E-state index is 4.15. The van der Waals surface area contributed by atoms with Gasteiger partial charge in [0.05, 0.1) is 0 Å². The maximum Gasteiger partial charge on any atom is 0.224 e. The third-order valence-corrected chi connectivity index (χ3v) is 3.42. The summed E-state index contributed by atoms with van der Waals surface area (Å²) in [7, 11) is 3.75. The fraction of sp³-hybridized carbons (Fsp3) is 0.200. The molecule has 1 aromatic heterocycles. The van der Waals surface area contributed by atoms with Crippen LogP contribution >= 0.6 is 31.9 Å². The van der Waals surface area contributed by atoms with Crippen molar-refractivity contribution in [3.63, 3.8) is 0 Å². The average Bonchev–Trinajstić information content (AvgIpc) is 2.60. The molecule has 0 aliphatic rings. The predicted octanol–water partition coefficient (Wildman–Crippen LogP) is 3.05. The maximum absolute atomic E-state index is 4.15. The molecule has 0 atom stereocenters. The topological polar surface area (TPSA) is 42.7 Å². The van der Waals surface area contributed by atoms with Crippen LogP contribution in [0.1, 0.15) is 0 Å². The Bertz CT molecular complexity index is 522. The van der Waals surface area contributed by atoms with E-state index in [9.17, 15) is 0 Å². The van der Waals surface area contributed by atoms with E-state index in [2.05, 4.69) is 47.4 Å². The first-order valence-corrected chi connectivity index (χ1v) is 6.24. The Labute approximate surface area is 110 Å². The van der Waals surface area contributed by atoms with Crippen LogP contribution in [0.3, 0.4) is 0 Å². The van der Waals surface area contributed by atoms with E-state index in [4.69, 9.17) is 0 Å². The molecule has 0 radical (unpaired) electrons. The van der Waals surface area contributed by atoms with Crippen molar-refractivity contribution in [2.24, 2.45) is 7.05 Å². The number of anilines is 1. The van der Waals surface area contributed by atoms with Gasteiger partial charge in [-0.25, -0.2) is 0 Å². The summed E-state index contributed by atoms with van der Waals surface area (Å²) in [5.74, 6) is 1.56. The lowest BCUT2D eigenvalue weighted by atomic mass is 10.2. The van der Waals surface area contributed by atoms with E-state index in [1.165, 1.54) is 0 Å². The van der Waals surface area contributed by atoms with Gasteiger partial charge in [-0.2, -0.15) is 0 Å². The minimum absolute atomic E-state index is 0.741. The summed E-state index contributed by atoms with van der Waals surface area (Å²) in [4.78, 5) is 0. The van der Waals surface area contributed by atoms with Gasteiger partial charge in [-0.15, -0.1) is 10.2 Å². The molecule has 0 amide bonds. The number of hydrogen-bond acceptors (Lipinski definition) is 3. The van der Waals surface area contributed by atoms with Crippen LogP contribution in [0, 0.1) is 0 Å². The third kappa shape index (κ3) is 1.99. The molecule has 0 saturated heterocycles. The summed E-state index contributed by atoms with van der Waals surface area (Å²) in [6.07, 6.45) is 0. The Kier molecular flexibility index (Phi) is 3.30. The van der Waals surface area contributed by atoms with Crippen LogP contribution < -0.4 is 5.32 Å². The van der Waals surface area contributed by atoms with E-state index in [1.54, 1.807) is 0 Å². The molecule has 0 unspecified atom stereocenters. The normalized spacial score (nSPS) is 10.5. The van der Waals surface area contributed by atoms with Gasteiger partial charge in [0.2, 0.25) is 5.95 Å². The van der Waals surface area contributed by atoms with Gasteiger partial charge in [-0.1, -0.05) is 15.9 Å². The van der Waals surface area contributed by atoms with Gasteiger partial charge >= 0.3 is 0 Å². The van der Waals surface area contributed by atoms with Crippen LogP contribution in [0.2, 0.25) is 0 Å². The lowest BCUT2D eigenvalue weighted by Gasteiger charge is -2.05. The van der Waals surface area contributed by atoms with Crippen LogP contribution in [-0.4, -0.2) is 21.8 Å². The Morgan fingerprint density at radius 2 is 2.00 bits per heavy atom. The van der Waals surface area contributed by atoms with Crippen LogP contribution in [-0.2, 0) is 7.05 Å². The highest BCUT2D eigenvalue weighted by atomic mass is 79.9. The van der Waals surface area contributed by atoms with E-state index >= 15 is 0 Å². The highest BCUT2D eigenvalue weighted by molar-refractivity contribution is 9.11. The number of hydrogen-bond donors (Lipinski definition) is 1. The second-order valence-corrected chi connectivity index (χ2v) is 5.05. The first-order valence-electron chi connectivity index (χ1n) is 4.66. The summed E-state index contributed by atoms with van der Waals surface area (Å²) >= 11 is 6.94. The van der Waals surface area contributed by atoms with Crippen molar-refractivity contribution in [3.05, 3.63) is 27.1 Å². The minimum atomic E-state index is 0.741. The highest BCUT2D eigenvalue weighted by Gasteiger charge is 2.12. The molecule has 1 heterocycles. The lowest BCUT2D eigenvalue weighted by molar-refractivity contribution is 0.924. The van der Waals surface area contributed by atoms with Gasteiger partial charge < -0.3 is 5.32 Å². The first-order chi connectivity index (χ1) is 7.63. The fourth-order valence-electron chi connectivity index (χ4n) is 1.45. The van der Waals surface area contributed by atoms with Gasteiger partial charge in [-0.3, -0.25) is 4.57 Å². The van der Waals surface area contributed by atoms with Crippen molar-refractivity contribution in [3.8, 4) is 11.4 Å². The number of aromatic nitrogens is 3. The highest BCUT2D eigenvalue weighted by Crippen LogP contribution is 2.30. The van der Waals surface area contributed by atoms with Crippen molar-refractivity contribution < 1.29 is 0 Å². The van der Waals surface area contributed by atoms with Crippen molar-refractivity contribution >= 4 is 37.8 Å². The third-order valence-electron chi connectivity index (χ3n) is 2.27. The SMILES string of the molecule is CNc1nnc(-c2ccc(Br)cc2Br)n1C. The Balaban J connectivity index is 2.54. The molecule has 0 saturated carbocycles. The molecule has 16 heavy (non-hydrogen) atoms. The molecule has 0 bridgehead atoms. The van der Waals surface area contributed by atoms with Crippen molar-refractivity contribution in [2.45, 2.75) is 0 Å². The van der Waals surface area contributed by atoms with Crippen LogP contribution in [0.5, 0.6) is 0 Å². The zero-order valence-corrected chi connectivity index (χ0v) is 12.0. The van der Waals surface area contributed by atoms with E-state index in [0.717, 1.165) is 26.3 Å². The summed E-state index contributed by atoms with van der Waals surface area (Å²) in [5.41, 5.74) is 1.01. The number of nitrogens with zero attached hydrogens (tertiary/aromatic N) is 3. The van der Waals surface area contributed by atoms with Crippen molar-refractivity contribution in [1.82, 2.24) is 14.8 Å². The number of benzene rings is 1. The van der Waals surface area contributed by atoms with Gasteiger partial charge in [0.15, 0.2) is 5.82 Å². The minimum Gasteiger partial charge on any atom is -0.357 e. The van der Waals surface area contributed by atoms with Crippen LogP contribution in [0.4, 0.5) is 5.95 Å². The standard InChI is InChI=1S/C10H10Br2N4/c1-13-10-15-14-9(16(10)2)7-4-3-6(11)5-8(7)12/h3-5H,1-2H3,(H,13,15). The Morgan fingerprint density at radius 3 is 2.56 bits per heavy atom. The Morgan fingerprint density at radius 1 is 1.25 bits per heavy atom. The molecular formula is C10H10Br2N4. The molecule has 6 heteroatoms. The van der Waals surface area contributed by atoms with E-state index in [1.807, 2.05) is 36.9 Å². The molecule has 1 N–H and O–H groups in total. The quantitative estimate of drug-likeness (QED) is 0.909. The van der Waals surface area contributed by atoms with Crippen molar-refractivity contribution in [2.75, 3.05) is 12.4 Å². The first kappa shape index (κ1) is 11.6. The monoisotopic (exact) mass is 344 g/mol. The molecule has 2 rings (SSSR count). The second kappa shape index (κ2) is 4.55.